The van der Waals surface area contributed by atoms with Crippen molar-refractivity contribution < 1.29 is 26.3 Å². The van der Waals surface area contributed by atoms with Gasteiger partial charge in [0.2, 0.25) is 0 Å². The van der Waals surface area contributed by atoms with E-state index in [1.54, 1.807) is 0 Å². The number of nitrogens with zero attached hydrogens (tertiary/aromatic N) is 2. The highest BCUT2D eigenvalue weighted by Gasteiger charge is 2.33. The number of hydrogen-bond acceptors (Lipinski definition) is 4. The minimum Gasteiger partial charge on any atom is -0.494 e. The minimum atomic E-state index is -4.57. The molecule has 0 fully saturated rings. The van der Waals surface area contributed by atoms with Crippen LogP contribution >= 0.6 is 10.7 Å². The molecule has 0 radical (unpaired) electrons. The van der Waals surface area contributed by atoms with Crippen LogP contribution in [0.5, 0.6) is 5.75 Å². The standard InChI is InChI=1S/C11H8ClF3N2O3S/c1-20-9-6-7(21(12,18)19)2-3-8(9)17-5-4-10(16-17)11(13,14)15/h2-6H,1H3. The van der Waals surface area contributed by atoms with Crippen LogP contribution in [-0.2, 0) is 15.2 Å². The monoisotopic (exact) mass is 340 g/mol. The summed E-state index contributed by atoms with van der Waals surface area (Å²) in [4.78, 5) is -0.229. The van der Waals surface area contributed by atoms with Gasteiger partial charge in [-0.25, -0.2) is 13.1 Å². The van der Waals surface area contributed by atoms with Gasteiger partial charge in [0, 0.05) is 22.9 Å². The molecule has 0 saturated heterocycles. The summed E-state index contributed by atoms with van der Waals surface area (Å²) < 4.78 is 65.9. The van der Waals surface area contributed by atoms with Crippen LogP contribution in [0, 0.1) is 0 Å². The summed E-state index contributed by atoms with van der Waals surface area (Å²) in [5, 5.41) is 3.38. The first-order valence-electron chi connectivity index (χ1n) is 5.39. The van der Waals surface area contributed by atoms with E-state index in [9.17, 15) is 21.6 Å². The summed E-state index contributed by atoms with van der Waals surface area (Å²) >= 11 is 0. The van der Waals surface area contributed by atoms with Gasteiger partial charge in [-0.1, -0.05) is 0 Å². The van der Waals surface area contributed by atoms with E-state index < -0.39 is 20.9 Å². The van der Waals surface area contributed by atoms with E-state index in [0.717, 1.165) is 29.1 Å². The summed E-state index contributed by atoms with van der Waals surface area (Å²) in [6.07, 6.45) is -3.48. The van der Waals surface area contributed by atoms with Gasteiger partial charge in [0.1, 0.15) is 11.4 Å². The van der Waals surface area contributed by atoms with Crippen LogP contribution in [0.2, 0.25) is 0 Å². The Kier molecular flexibility index (Phi) is 3.89. The van der Waals surface area contributed by atoms with Gasteiger partial charge in [-0.05, 0) is 18.2 Å². The van der Waals surface area contributed by atoms with Crippen molar-refractivity contribution in [3.8, 4) is 11.4 Å². The SMILES string of the molecule is COc1cc(S(=O)(=O)Cl)ccc1-n1ccc(C(F)(F)F)n1. The van der Waals surface area contributed by atoms with Crippen molar-refractivity contribution in [2.45, 2.75) is 11.1 Å². The first kappa shape index (κ1) is 15.6. The maximum Gasteiger partial charge on any atom is 0.435 e. The molecule has 2 aromatic rings. The number of hydrogen-bond donors (Lipinski definition) is 0. The van der Waals surface area contributed by atoms with Gasteiger partial charge in [-0.2, -0.15) is 18.3 Å². The largest absolute Gasteiger partial charge is 0.494 e. The fourth-order valence-electron chi connectivity index (χ4n) is 1.61. The first-order valence-corrected chi connectivity index (χ1v) is 7.70. The molecule has 0 bridgehead atoms. The molecular weight excluding hydrogens is 333 g/mol. The zero-order valence-corrected chi connectivity index (χ0v) is 12.0. The second-order valence-electron chi connectivity index (χ2n) is 3.91. The number of aromatic nitrogens is 2. The predicted molar refractivity (Wildman–Crippen MR) is 68.2 cm³/mol. The Morgan fingerprint density at radius 3 is 2.43 bits per heavy atom. The zero-order valence-electron chi connectivity index (χ0n) is 10.4. The Hall–Kier alpha value is -1.74. The second kappa shape index (κ2) is 5.23. The second-order valence-corrected chi connectivity index (χ2v) is 6.48. The van der Waals surface area contributed by atoms with Crippen LogP contribution in [0.15, 0.2) is 35.4 Å². The third-order valence-corrected chi connectivity index (χ3v) is 3.91. The number of ether oxygens (including phenoxy) is 1. The Labute approximate surface area is 122 Å². The number of rotatable bonds is 3. The van der Waals surface area contributed by atoms with Crippen molar-refractivity contribution in [3.63, 3.8) is 0 Å². The predicted octanol–water partition coefficient (Wildman–Crippen LogP) is 2.83. The van der Waals surface area contributed by atoms with E-state index >= 15 is 0 Å². The van der Waals surface area contributed by atoms with E-state index in [0.29, 0.717) is 0 Å². The number of methoxy groups -OCH3 is 1. The highest BCUT2D eigenvalue weighted by atomic mass is 35.7. The van der Waals surface area contributed by atoms with E-state index in [1.807, 2.05) is 0 Å². The molecule has 2 rings (SSSR count). The molecule has 0 N–H and O–H groups in total. The van der Waals surface area contributed by atoms with E-state index in [1.165, 1.54) is 13.2 Å². The smallest absolute Gasteiger partial charge is 0.435 e. The quantitative estimate of drug-likeness (QED) is 0.806. The lowest BCUT2D eigenvalue weighted by Gasteiger charge is -2.09. The molecule has 0 atom stereocenters. The molecule has 10 heteroatoms. The summed E-state index contributed by atoms with van der Waals surface area (Å²) in [5.74, 6) is 0.0218. The minimum absolute atomic E-state index is 0.0218. The highest BCUT2D eigenvalue weighted by Crippen LogP contribution is 2.31. The lowest BCUT2D eigenvalue weighted by Crippen LogP contribution is -2.08. The first-order chi connectivity index (χ1) is 9.63. The van der Waals surface area contributed by atoms with Gasteiger partial charge in [-0.3, -0.25) is 0 Å². The molecule has 21 heavy (non-hydrogen) atoms. The fraction of sp³-hybridized carbons (Fsp3) is 0.182. The van der Waals surface area contributed by atoms with Crippen LogP contribution in [-0.4, -0.2) is 25.3 Å². The third kappa shape index (κ3) is 3.30. The molecule has 0 aliphatic rings. The molecule has 1 aromatic carbocycles. The molecule has 0 aliphatic heterocycles. The van der Waals surface area contributed by atoms with Crippen LogP contribution in [0.4, 0.5) is 13.2 Å². The zero-order chi connectivity index (χ0) is 15.8. The summed E-state index contributed by atoms with van der Waals surface area (Å²) in [6, 6.07) is 4.30. The fourth-order valence-corrected chi connectivity index (χ4v) is 2.37. The Morgan fingerprint density at radius 2 is 1.95 bits per heavy atom. The third-order valence-electron chi connectivity index (χ3n) is 2.56. The van der Waals surface area contributed by atoms with Gasteiger partial charge in [-0.15, -0.1) is 0 Å². The average Bonchev–Trinajstić information content (AvgIpc) is 2.86. The summed E-state index contributed by atoms with van der Waals surface area (Å²) in [6.45, 7) is 0. The molecule has 0 unspecified atom stereocenters. The Balaban J connectivity index is 2.52. The van der Waals surface area contributed by atoms with Gasteiger partial charge in [0.25, 0.3) is 9.05 Å². The van der Waals surface area contributed by atoms with Crippen molar-refractivity contribution in [1.82, 2.24) is 9.78 Å². The van der Waals surface area contributed by atoms with Crippen LogP contribution in [0.1, 0.15) is 5.69 Å². The van der Waals surface area contributed by atoms with Crippen molar-refractivity contribution in [2.75, 3.05) is 7.11 Å². The Morgan fingerprint density at radius 1 is 1.29 bits per heavy atom. The average molecular weight is 341 g/mol. The molecule has 114 valence electrons. The molecule has 1 heterocycles. The maximum atomic E-state index is 12.5. The van der Waals surface area contributed by atoms with E-state index in [2.05, 4.69) is 5.10 Å². The highest BCUT2D eigenvalue weighted by molar-refractivity contribution is 8.13. The number of halogens is 4. The normalized spacial score (nSPS) is 12.4. The van der Waals surface area contributed by atoms with Crippen molar-refractivity contribution in [3.05, 3.63) is 36.2 Å². The summed E-state index contributed by atoms with van der Waals surface area (Å²) in [5.41, 5.74) is -0.921. The van der Waals surface area contributed by atoms with Gasteiger partial charge < -0.3 is 4.74 Å². The summed E-state index contributed by atoms with van der Waals surface area (Å²) in [7, 11) is 2.47. The van der Waals surface area contributed by atoms with Crippen LogP contribution in [0.25, 0.3) is 5.69 Å². The van der Waals surface area contributed by atoms with Crippen molar-refractivity contribution in [2.24, 2.45) is 0 Å². The van der Waals surface area contributed by atoms with Gasteiger partial charge >= 0.3 is 6.18 Å². The van der Waals surface area contributed by atoms with Crippen molar-refractivity contribution in [1.29, 1.82) is 0 Å². The van der Waals surface area contributed by atoms with E-state index in [-0.39, 0.29) is 16.3 Å². The molecule has 0 spiro atoms. The lowest BCUT2D eigenvalue weighted by molar-refractivity contribution is -0.141. The van der Waals surface area contributed by atoms with Crippen LogP contribution in [0.3, 0.4) is 0 Å². The van der Waals surface area contributed by atoms with Crippen molar-refractivity contribution >= 4 is 19.7 Å². The van der Waals surface area contributed by atoms with Gasteiger partial charge in [0.15, 0.2) is 5.69 Å². The Bertz CT molecular complexity index is 771. The molecular formula is C11H8ClF3N2O3S. The molecule has 1 aromatic heterocycles. The molecule has 0 saturated carbocycles. The van der Waals surface area contributed by atoms with Crippen LogP contribution < -0.4 is 4.74 Å². The number of benzene rings is 1. The van der Waals surface area contributed by atoms with Gasteiger partial charge in [0.05, 0.1) is 12.0 Å². The topological polar surface area (TPSA) is 61.2 Å². The molecule has 0 amide bonds. The maximum absolute atomic E-state index is 12.5. The number of alkyl halides is 3. The molecule has 0 aliphatic carbocycles. The van der Waals surface area contributed by atoms with E-state index in [4.69, 9.17) is 15.4 Å². The lowest BCUT2D eigenvalue weighted by atomic mass is 10.3. The molecule has 5 nitrogen and oxygen atoms in total.